The third-order valence-corrected chi connectivity index (χ3v) is 7.80. The van der Waals surface area contributed by atoms with Crippen molar-refractivity contribution in [2.45, 2.75) is 6.42 Å². The number of carbonyl (C=O) groups excluding carboxylic acids is 1. The second kappa shape index (κ2) is 14.4. The minimum atomic E-state index is -0.148. The Morgan fingerprint density at radius 1 is 0.800 bits per heavy atom. The summed E-state index contributed by atoms with van der Waals surface area (Å²) in [5, 5.41) is 2.83. The fourth-order valence-corrected chi connectivity index (χ4v) is 5.55. The summed E-state index contributed by atoms with van der Waals surface area (Å²) in [6.45, 7) is 4.87. The number of methoxy groups -OCH3 is 2. The molecule has 2 aliphatic heterocycles. The number of rotatable bonds is 12. The number of urea groups is 1. The number of benzene rings is 3. The quantitative estimate of drug-likeness (QED) is 0.232. The fraction of sp³-hybridized carbons (Fsp3) is 0.364. The van der Waals surface area contributed by atoms with E-state index < -0.39 is 0 Å². The molecule has 1 aromatic heterocycles. The molecule has 236 valence electrons. The van der Waals surface area contributed by atoms with Crippen LogP contribution >= 0.6 is 0 Å². The Hall–Kier alpha value is -4.65. The van der Waals surface area contributed by atoms with Gasteiger partial charge in [-0.2, -0.15) is 0 Å². The molecular formula is C33H38N6O6. The van der Waals surface area contributed by atoms with Gasteiger partial charge in [0.15, 0.2) is 11.5 Å². The highest BCUT2D eigenvalue weighted by Crippen LogP contribution is 2.38. The number of amides is 2. The topological polar surface area (TPSA) is 111 Å². The van der Waals surface area contributed by atoms with Gasteiger partial charge in [-0.25, -0.2) is 19.8 Å². The first kappa shape index (κ1) is 30.4. The van der Waals surface area contributed by atoms with Gasteiger partial charge >= 0.3 is 6.03 Å². The van der Waals surface area contributed by atoms with E-state index in [1.807, 2.05) is 65.7 Å². The van der Waals surface area contributed by atoms with Crippen molar-refractivity contribution >= 4 is 28.4 Å². The summed E-state index contributed by atoms with van der Waals surface area (Å²) in [6, 6.07) is 19.2. The van der Waals surface area contributed by atoms with Gasteiger partial charge in [-0.3, -0.25) is 10.3 Å². The van der Waals surface area contributed by atoms with Crippen molar-refractivity contribution in [1.29, 1.82) is 0 Å². The van der Waals surface area contributed by atoms with E-state index in [-0.39, 0.29) is 6.03 Å². The highest BCUT2D eigenvalue weighted by atomic mass is 16.5. The monoisotopic (exact) mass is 614 g/mol. The zero-order valence-electron chi connectivity index (χ0n) is 25.6. The molecule has 45 heavy (non-hydrogen) atoms. The van der Waals surface area contributed by atoms with Gasteiger partial charge in [0.25, 0.3) is 0 Å². The molecule has 3 heterocycles. The molecule has 12 heteroatoms. The number of hydrogen-bond acceptors (Lipinski definition) is 10. The van der Waals surface area contributed by atoms with Gasteiger partial charge in [-0.05, 0) is 36.8 Å². The molecule has 1 N–H and O–H groups in total. The van der Waals surface area contributed by atoms with E-state index in [2.05, 4.69) is 20.3 Å². The zero-order valence-corrected chi connectivity index (χ0v) is 25.6. The number of nitrogens with zero attached hydrogens (tertiary/aromatic N) is 5. The highest BCUT2D eigenvalue weighted by molar-refractivity contribution is 5.95. The molecule has 0 saturated carbocycles. The first-order chi connectivity index (χ1) is 22.1. The Morgan fingerprint density at radius 3 is 2.27 bits per heavy atom. The van der Waals surface area contributed by atoms with Crippen LogP contribution in [0.4, 0.5) is 16.3 Å². The number of aromatic nitrogens is 2. The number of ether oxygens (including phenoxy) is 5. The van der Waals surface area contributed by atoms with E-state index in [1.54, 1.807) is 25.4 Å². The van der Waals surface area contributed by atoms with Gasteiger partial charge in [-0.1, -0.05) is 24.3 Å². The molecule has 0 atom stereocenters. The molecular weight excluding hydrogens is 576 g/mol. The second-order valence-corrected chi connectivity index (χ2v) is 10.7. The predicted octanol–water partition coefficient (Wildman–Crippen LogP) is 4.28. The van der Waals surface area contributed by atoms with Crippen LogP contribution in [-0.4, -0.2) is 94.4 Å². The van der Waals surface area contributed by atoms with Gasteiger partial charge in [0.2, 0.25) is 0 Å². The van der Waals surface area contributed by atoms with Crippen molar-refractivity contribution in [3.05, 3.63) is 72.6 Å². The standard InChI is InChI=1S/C33H38N6O6/c1-41-17-19-43-30-21-26-27(22-31(30)44-20-18-42-2)34-23-35-32(26)37-13-15-38(16-14-37)36-33(40)39-12-11-25-28(39)9-6-10-29(25)45-24-7-4-3-5-8-24/h3-10,21-23H,11-20H2,1-2H3,(H,36,40). The molecule has 12 nitrogen and oxygen atoms in total. The van der Waals surface area contributed by atoms with Crippen LogP contribution in [0.25, 0.3) is 10.9 Å². The molecule has 2 aliphatic rings. The Balaban J connectivity index is 1.11. The molecule has 0 bridgehead atoms. The van der Waals surface area contributed by atoms with Crippen molar-refractivity contribution in [2.75, 3.05) is 83.2 Å². The molecule has 1 fully saturated rings. The molecule has 0 spiro atoms. The minimum Gasteiger partial charge on any atom is -0.487 e. The molecule has 0 unspecified atom stereocenters. The van der Waals surface area contributed by atoms with Gasteiger partial charge in [0, 0.05) is 64.0 Å². The molecule has 0 aliphatic carbocycles. The maximum Gasteiger partial charge on any atom is 0.336 e. The van der Waals surface area contributed by atoms with Crippen LogP contribution in [0.3, 0.4) is 0 Å². The van der Waals surface area contributed by atoms with E-state index in [4.69, 9.17) is 23.7 Å². The summed E-state index contributed by atoms with van der Waals surface area (Å²) in [6.07, 6.45) is 2.30. The van der Waals surface area contributed by atoms with Crippen LogP contribution in [-0.2, 0) is 15.9 Å². The summed E-state index contributed by atoms with van der Waals surface area (Å²) in [5.74, 6) is 3.55. The summed E-state index contributed by atoms with van der Waals surface area (Å²) >= 11 is 0. The SMILES string of the molecule is COCCOc1cc2ncnc(N3CCN(NC(=O)N4CCc5c(Oc6ccccc6)cccc54)CC3)c2cc1OCCOC. The third-order valence-electron chi connectivity index (χ3n) is 7.80. The third kappa shape index (κ3) is 7.03. The maximum absolute atomic E-state index is 13.4. The normalized spacial score (nSPS) is 14.8. The summed E-state index contributed by atoms with van der Waals surface area (Å²) in [7, 11) is 3.27. The number of para-hydroxylation sites is 1. The van der Waals surface area contributed by atoms with Gasteiger partial charge < -0.3 is 28.6 Å². The van der Waals surface area contributed by atoms with Crippen LogP contribution in [0.2, 0.25) is 0 Å². The molecule has 4 aromatic rings. The lowest BCUT2D eigenvalue weighted by Gasteiger charge is -2.36. The van der Waals surface area contributed by atoms with Crippen LogP contribution in [0.5, 0.6) is 23.0 Å². The van der Waals surface area contributed by atoms with E-state index in [9.17, 15) is 4.79 Å². The zero-order chi connectivity index (χ0) is 31.0. The van der Waals surface area contributed by atoms with Crippen LogP contribution in [0.1, 0.15) is 5.56 Å². The summed E-state index contributed by atoms with van der Waals surface area (Å²) in [5.41, 5.74) is 5.78. The van der Waals surface area contributed by atoms with Crippen LogP contribution in [0, 0.1) is 0 Å². The van der Waals surface area contributed by atoms with Gasteiger partial charge in [-0.15, -0.1) is 0 Å². The Labute approximate surface area is 262 Å². The summed E-state index contributed by atoms with van der Waals surface area (Å²) < 4.78 is 28.4. The van der Waals surface area contributed by atoms with Crippen molar-refractivity contribution in [2.24, 2.45) is 0 Å². The predicted molar refractivity (Wildman–Crippen MR) is 171 cm³/mol. The number of anilines is 2. The van der Waals surface area contributed by atoms with E-state index >= 15 is 0 Å². The number of fused-ring (bicyclic) bond motifs is 2. The lowest BCUT2D eigenvalue weighted by Crippen LogP contribution is -2.56. The second-order valence-electron chi connectivity index (χ2n) is 10.7. The van der Waals surface area contributed by atoms with Gasteiger partial charge in [0.1, 0.15) is 36.9 Å². The lowest BCUT2D eigenvalue weighted by atomic mass is 10.1. The lowest BCUT2D eigenvalue weighted by molar-refractivity contribution is 0.132. The van der Waals surface area contributed by atoms with E-state index in [0.717, 1.165) is 45.9 Å². The minimum absolute atomic E-state index is 0.148. The number of hydrazine groups is 1. The molecule has 1 saturated heterocycles. The fourth-order valence-electron chi connectivity index (χ4n) is 5.55. The average molecular weight is 615 g/mol. The van der Waals surface area contributed by atoms with E-state index in [0.29, 0.717) is 70.7 Å². The molecule has 3 aromatic carbocycles. The number of piperazine rings is 1. The Bertz CT molecular complexity index is 1600. The highest BCUT2D eigenvalue weighted by Gasteiger charge is 2.29. The molecule has 0 radical (unpaired) electrons. The van der Waals surface area contributed by atoms with Crippen LogP contribution < -0.4 is 29.4 Å². The maximum atomic E-state index is 13.4. The molecule has 2 amide bonds. The molecule has 6 rings (SSSR count). The average Bonchev–Trinajstić information content (AvgIpc) is 3.51. The van der Waals surface area contributed by atoms with Crippen molar-refractivity contribution in [3.63, 3.8) is 0 Å². The van der Waals surface area contributed by atoms with Crippen molar-refractivity contribution in [3.8, 4) is 23.0 Å². The van der Waals surface area contributed by atoms with Gasteiger partial charge in [0.05, 0.1) is 24.4 Å². The summed E-state index contributed by atoms with van der Waals surface area (Å²) in [4.78, 5) is 26.5. The van der Waals surface area contributed by atoms with E-state index in [1.165, 1.54) is 0 Å². The Morgan fingerprint density at radius 2 is 1.53 bits per heavy atom. The number of carbonyl (C=O) groups is 1. The number of nitrogens with one attached hydrogen (secondary N) is 1. The smallest absolute Gasteiger partial charge is 0.336 e. The first-order valence-electron chi connectivity index (χ1n) is 15.1. The first-order valence-corrected chi connectivity index (χ1v) is 15.1. The largest absolute Gasteiger partial charge is 0.487 e. The van der Waals surface area contributed by atoms with Crippen LogP contribution in [0.15, 0.2) is 67.0 Å². The number of hydrogen-bond donors (Lipinski definition) is 1. The Kier molecular flexibility index (Phi) is 9.74. The van der Waals surface area contributed by atoms with Crippen molar-refractivity contribution < 1.29 is 28.5 Å². The van der Waals surface area contributed by atoms with Crippen molar-refractivity contribution in [1.82, 2.24) is 20.4 Å².